The summed E-state index contributed by atoms with van der Waals surface area (Å²) in [5, 5.41) is 0.781. The zero-order valence-corrected chi connectivity index (χ0v) is 13.4. The zero-order valence-electron chi connectivity index (χ0n) is 12.7. The molecule has 3 nitrogen and oxygen atoms in total. The number of ether oxygens (including phenoxy) is 1. The minimum absolute atomic E-state index is 0.155. The van der Waals surface area contributed by atoms with E-state index < -0.39 is 0 Å². The largest absolute Gasteiger partial charge is 0.456 e. The first-order chi connectivity index (χ1) is 9.99. The van der Waals surface area contributed by atoms with Crippen LogP contribution >= 0.6 is 11.6 Å². The van der Waals surface area contributed by atoms with Gasteiger partial charge in [-0.3, -0.25) is 4.98 Å². The van der Waals surface area contributed by atoms with Crippen molar-refractivity contribution in [3.05, 3.63) is 52.3 Å². The molecule has 0 aliphatic rings. The van der Waals surface area contributed by atoms with Crippen molar-refractivity contribution in [1.82, 2.24) is 4.98 Å². The maximum Gasteiger partial charge on any atom is 0.145 e. The number of nitrogens with zero attached hydrogens (tertiary/aromatic N) is 1. The van der Waals surface area contributed by atoms with Crippen LogP contribution in [0, 0.1) is 13.8 Å². The topological polar surface area (TPSA) is 48.1 Å². The fraction of sp³-hybridized carbons (Fsp3) is 0.353. The van der Waals surface area contributed by atoms with Crippen molar-refractivity contribution in [1.29, 1.82) is 0 Å². The second kappa shape index (κ2) is 6.92. The van der Waals surface area contributed by atoms with Gasteiger partial charge in [0.2, 0.25) is 0 Å². The molecular formula is C17H21ClN2O. The Morgan fingerprint density at radius 2 is 1.81 bits per heavy atom. The minimum atomic E-state index is 0.155. The van der Waals surface area contributed by atoms with E-state index in [1.54, 1.807) is 6.20 Å². The molecular weight excluding hydrogens is 284 g/mol. The Hall–Kier alpha value is -1.58. The van der Waals surface area contributed by atoms with Crippen molar-refractivity contribution in [2.45, 2.75) is 39.7 Å². The monoisotopic (exact) mass is 304 g/mol. The van der Waals surface area contributed by atoms with Crippen LogP contribution in [0.15, 0.2) is 30.6 Å². The number of aromatic nitrogens is 1. The summed E-state index contributed by atoms with van der Waals surface area (Å²) in [4.78, 5) is 4.22. The van der Waals surface area contributed by atoms with Crippen molar-refractivity contribution in [2.24, 2.45) is 5.73 Å². The molecule has 0 spiro atoms. The van der Waals surface area contributed by atoms with Gasteiger partial charge in [0.25, 0.3) is 0 Å². The maximum atomic E-state index is 6.17. The van der Waals surface area contributed by atoms with Crippen molar-refractivity contribution in [2.75, 3.05) is 0 Å². The molecule has 4 heteroatoms. The van der Waals surface area contributed by atoms with Gasteiger partial charge in [0.1, 0.15) is 11.5 Å². The third-order valence-corrected chi connectivity index (χ3v) is 4.03. The summed E-state index contributed by atoms with van der Waals surface area (Å²) in [6, 6.07) is 6.00. The Balaban J connectivity index is 2.18. The van der Waals surface area contributed by atoms with Crippen LogP contribution in [0.2, 0.25) is 5.02 Å². The van der Waals surface area contributed by atoms with E-state index in [2.05, 4.69) is 11.9 Å². The lowest BCUT2D eigenvalue weighted by molar-refractivity contribution is 0.478. The van der Waals surface area contributed by atoms with Crippen LogP contribution in [0.3, 0.4) is 0 Å². The number of hydrogen-bond acceptors (Lipinski definition) is 3. The van der Waals surface area contributed by atoms with Crippen LogP contribution in [-0.4, -0.2) is 11.0 Å². The molecule has 1 atom stereocenters. The molecule has 2 N–H and O–H groups in total. The SMILES string of the molecule is CCC(N)Cc1cncc(Oc2cc(C)c(Cl)c(C)c2)c1. The van der Waals surface area contributed by atoms with Crippen LogP contribution in [0.1, 0.15) is 30.0 Å². The van der Waals surface area contributed by atoms with Gasteiger partial charge >= 0.3 is 0 Å². The Kier molecular flexibility index (Phi) is 5.21. The normalized spacial score (nSPS) is 12.2. The van der Waals surface area contributed by atoms with Crippen molar-refractivity contribution in [3.8, 4) is 11.5 Å². The van der Waals surface area contributed by atoms with E-state index in [9.17, 15) is 0 Å². The third-order valence-electron chi connectivity index (χ3n) is 3.44. The lowest BCUT2D eigenvalue weighted by Crippen LogP contribution is -2.21. The first-order valence-corrected chi connectivity index (χ1v) is 7.51. The summed E-state index contributed by atoms with van der Waals surface area (Å²) in [5.41, 5.74) is 9.08. The molecule has 0 aliphatic heterocycles. The van der Waals surface area contributed by atoms with Gasteiger partial charge in [0, 0.05) is 17.3 Å². The molecule has 0 aliphatic carbocycles. The summed E-state index contributed by atoms with van der Waals surface area (Å²) in [5.74, 6) is 1.49. The molecule has 0 saturated carbocycles. The van der Waals surface area contributed by atoms with Gasteiger partial charge < -0.3 is 10.5 Å². The van der Waals surface area contributed by atoms with E-state index in [0.717, 1.165) is 46.1 Å². The Bertz CT molecular complexity index is 605. The second-order valence-electron chi connectivity index (χ2n) is 5.37. The fourth-order valence-electron chi connectivity index (χ4n) is 2.18. The van der Waals surface area contributed by atoms with Gasteiger partial charge in [0.15, 0.2) is 0 Å². The maximum absolute atomic E-state index is 6.17. The molecule has 0 amide bonds. The summed E-state index contributed by atoms with van der Waals surface area (Å²) in [6.07, 6.45) is 5.29. The molecule has 0 radical (unpaired) electrons. The molecule has 1 heterocycles. The second-order valence-corrected chi connectivity index (χ2v) is 5.75. The molecule has 1 aromatic heterocycles. The number of hydrogen-bond donors (Lipinski definition) is 1. The predicted octanol–water partition coefficient (Wildman–Crippen LogP) is 4.42. The van der Waals surface area contributed by atoms with E-state index in [1.165, 1.54) is 0 Å². The molecule has 2 aromatic rings. The van der Waals surface area contributed by atoms with Crippen LogP contribution in [0.4, 0.5) is 0 Å². The van der Waals surface area contributed by atoms with Crippen molar-refractivity contribution in [3.63, 3.8) is 0 Å². The molecule has 0 saturated heterocycles. The number of benzene rings is 1. The number of rotatable bonds is 5. The Labute approximate surface area is 131 Å². The number of halogens is 1. The molecule has 1 unspecified atom stereocenters. The van der Waals surface area contributed by atoms with E-state index in [0.29, 0.717) is 0 Å². The van der Waals surface area contributed by atoms with E-state index >= 15 is 0 Å². The van der Waals surface area contributed by atoms with E-state index in [4.69, 9.17) is 22.1 Å². The molecule has 2 rings (SSSR count). The standard InChI is InChI=1S/C17H21ClN2O/c1-4-14(19)7-13-8-16(10-20-9-13)21-15-5-11(2)17(18)12(3)6-15/h5-6,8-10,14H,4,7,19H2,1-3H3. The van der Waals surface area contributed by atoms with E-state index in [1.807, 2.05) is 38.2 Å². The smallest absolute Gasteiger partial charge is 0.145 e. The number of aryl methyl sites for hydroxylation is 2. The Morgan fingerprint density at radius 1 is 1.14 bits per heavy atom. The highest BCUT2D eigenvalue weighted by Crippen LogP contribution is 2.29. The van der Waals surface area contributed by atoms with E-state index in [-0.39, 0.29) is 6.04 Å². The highest BCUT2D eigenvalue weighted by Gasteiger charge is 2.07. The Morgan fingerprint density at radius 3 is 2.43 bits per heavy atom. The highest BCUT2D eigenvalue weighted by atomic mass is 35.5. The van der Waals surface area contributed by atoms with Gasteiger partial charge in [-0.25, -0.2) is 0 Å². The summed E-state index contributed by atoms with van der Waals surface area (Å²) in [6.45, 7) is 6.02. The minimum Gasteiger partial charge on any atom is -0.456 e. The first-order valence-electron chi connectivity index (χ1n) is 7.13. The summed E-state index contributed by atoms with van der Waals surface area (Å²) >= 11 is 6.17. The van der Waals surface area contributed by atoms with Crippen molar-refractivity contribution < 1.29 is 4.74 Å². The first kappa shape index (κ1) is 15.8. The van der Waals surface area contributed by atoms with Gasteiger partial charge in [-0.2, -0.15) is 0 Å². The molecule has 112 valence electrons. The quantitative estimate of drug-likeness (QED) is 0.889. The molecule has 0 fully saturated rings. The fourth-order valence-corrected chi connectivity index (χ4v) is 2.29. The van der Waals surface area contributed by atoms with Gasteiger partial charge in [-0.1, -0.05) is 18.5 Å². The summed E-state index contributed by atoms with van der Waals surface area (Å²) < 4.78 is 5.89. The average Bonchev–Trinajstić information content (AvgIpc) is 2.45. The number of pyridine rings is 1. The molecule has 0 bridgehead atoms. The van der Waals surface area contributed by atoms with Crippen LogP contribution in [-0.2, 0) is 6.42 Å². The van der Waals surface area contributed by atoms with Crippen LogP contribution in [0.5, 0.6) is 11.5 Å². The van der Waals surface area contributed by atoms with Gasteiger partial charge in [0.05, 0.1) is 6.20 Å². The number of nitrogens with two attached hydrogens (primary N) is 1. The lowest BCUT2D eigenvalue weighted by atomic mass is 10.1. The highest BCUT2D eigenvalue weighted by molar-refractivity contribution is 6.32. The molecule has 1 aromatic carbocycles. The average molecular weight is 305 g/mol. The lowest BCUT2D eigenvalue weighted by Gasteiger charge is -2.12. The van der Waals surface area contributed by atoms with Crippen LogP contribution < -0.4 is 10.5 Å². The summed E-state index contributed by atoms with van der Waals surface area (Å²) in [7, 11) is 0. The third kappa shape index (κ3) is 4.19. The predicted molar refractivity (Wildman–Crippen MR) is 87.2 cm³/mol. The van der Waals surface area contributed by atoms with Gasteiger partial charge in [-0.15, -0.1) is 0 Å². The van der Waals surface area contributed by atoms with Gasteiger partial charge in [-0.05, 0) is 61.6 Å². The van der Waals surface area contributed by atoms with Crippen molar-refractivity contribution >= 4 is 11.6 Å². The van der Waals surface area contributed by atoms with Crippen LogP contribution in [0.25, 0.3) is 0 Å². The zero-order chi connectivity index (χ0) is 15.4. The molecule has 21 heavy (non-hydrogen) atoms.